The number of H-pyrrole nitrogens is 1. The third kappa shape index (κ3) is 5.58. The molecule has 1 aromatic heterocycles. The normalized spacial score (nSPS) is 14.2. The van der Waals surface area contributed by atoms with Crippen molar-refractivity contribution in [2.24, 2.45) is 0 Å². The molecule has 2 aromatic carbocycles. The Morgan fingerprint density at radius 3 is 2.59 bits per heavy atom. The molecular formula is C26H32N4O4. The summed E-state index contributed by atoms with van der Waals surface area (Å²) in [5.41, 5.74) is 4.08. The quantitative estimate of drug-likeness (QED) is 0.559. The predicted octanol–water partition coefficient (Wildman–Crippen LogP) is 3.52. The molecule has 0 radical (unpaired) electrons. The molecule has 2 N–H and O–H groups in total. The smallest absolute Gasteiger partial charge is 0.322 e. The van der Waals surface area contributed by atoms with Crippen molar-refractivity contribution in [1.29, 1.82) is 0 Å². The lowest BCUT2D eigenvalue weighted by molar-refractivity contribution is 0.0349. The Labute approximate surface area is 199 Å². The third-order valence-corrected chi connectivity index (χ3v) is 6.41. The summed E-state index contributed by atoms with van der Waals surface area (Å²) in [4.78, 5) is 33.2. The topological polar surface area (TPSA) is 86.9 Å². The van der Waals surface area contributed by atoms with Gasteiger partial charge in [-0.15, -0.1) is 0 Å². The van der Waals surface area contributed by atoms with E-state index in [9.17, 15) is 9.59 Å². The highest BCUT2D eigenvalue weighted by Gasteiger charge is 2.19. The van der Waals surface area contributed by atoms with E-state index >= 15 is 0 Å². The van der Waals surface area contributed by atoms with Gasteiger partial charge in [-0.3, -0.25) is 9.69 Å². The van der Waals surface area contributed by atoms with Gasteiger partial charge in [-0.25, -0.2) is 4.79 Å². The first kappa shape index (κ1) is 23.8. The number of morpholine rings is 1. The summed E-state index contributed by atoms with van der Waals surface area (Å²) in [5.74, 6) is 0.718. The second-order valence-electron chi connectivity index (χ2n) is 8.63. The molecule has 0 saturated carbocycles. The molecule has 1 aliphatic heterocycles. The number of carbonyl (C=O) groups is 1. The fourth-order valence-electron chi connectivity index (χ4n) is 4.11. The molecular weight excluding hydrogens is 432 g/mol. The Morgan fingerprint density at radius 2 is 1.88 bits per heavy atom. The van der Waals surface area contributed by atoms with Crippen molar-refractivity contribution in [1.82, 2.24) is 14.8 Å². The van der Waals surface area contributed by atoms with E-state index in [-0.39, 0.29) is 18.1 Å². The summed E-state index contributed by atoms with van der Waals surface area (Å²) >= 11 is 0. The minimum Gasteiger partial charge on any atom is -0.497 e. The molecule has 0 spiro atoms. The summed E-state index contributed by atoms with van der Waals surface area (Å²) in [6, 6.07) is 12.9. The Morgan fingerprint density at radius 1 is 1.15 bits per heavy atom. The maximum absolute atomic E-state index is 13.2. The monoisotopic (exact) mass is 464 g/mol. The third-order valence-electron chi connectivity index (χ3n) is 6.41. The van der Waals surface area contributed by atoms with Crippen LogP contribution in [-0.4, -0.2) is 67.3 Å². The number of fused-ring (bicyclic) bond motifs is 1. The molecule has 2 amide bonds. The maximum Gasteiger partial charge on any atom is 0.322 e. The van der Waals surface area contributed by atoms with Gasteiger partial charge in [0.1, 0.15) is 5.75 Å². The van der Waals surface area contributed by atoms with Gasteiger partial charge in [-0.05, 0) is 60.7 Å². The number of urea groups is 1. The van der Waals surface area contributed by atoms with E-state index < -0.39 is 0 Å². The lowest BCUT2D eigenvalue weighted by Crippen LogP contribution is -2.44. The number of nitrogens with zero attached hydrogens (tertiary/aromatic N) is 2. The largest absolute Gasteiger partial charge is 0.497 e. The number of hydrogen-bond donors (Lipinski definition) is 2. The van der Waals surface area contributed by atoms with E-state index in [2.05, 4.69) is 15.2 Å². The van der Waals surface area contributed by atoms with Crippen molar-refractivity contribution >= 4 is 22.6 Å². The van der Waals surface area contributed by atoms with Gasteiger partial charge in [-0.2, -0.15) is 0 Å². The van der Waals surface area contributed by atoms with Crippen LogP contribution in [0.3, 0.4) is 0 Å². The number of rotatable bonds is 7. The van der Waals surface area contributed by atoms with E-state index in [0.29, 0.717) is 37.6 Å². The lowest BCUT2D eigenvalue weighted by atomic mass is 10.0. The minimum atomic E-state index is -0.252. The second-order valence-corrected chi connectivity index (χ2v) is 8.63. The van der Waals surface area contributed by atoms with E-state index in [1.807, 2.05) is 32.0 Å². The first-order valence-electron chi connectivity index (χ1n) is 11.6. The van der Waals surface area contributed by atoms with Crippen LogP contribution in [0.1, 0.15) is 16.7 Å². The van der Waals surface area contributed by atoms with Crippen molar-refractivity contribution in [2.45, 2.75) is 20.4 Å². The number of aromatic nitrogens is 1. The van der Waals surface area contributed by atoms with Crippen LogP contribution in [0.25, 0.3) is 10.9 Å². The zero-order valence-electron chi connectivity index (χ0n) is 20.0. The van der Waals surface area contributed by atoms with Gasteiger partial charge in [0.15, 0.2) is 0 Å². The molecule has 8 heteroatoms. The highest BCUT2D eigenvalue weighted by Crippen LogP contribution is 2.20. The molecule has 0 aliphatic carbocycles. The number of pyridine rings is 1. The van der Waals surface area contributed by atoms with Crippen molar-refractivity contribution < 1.29 is 14.3 Å². The first-order chi connectivity index (χ1) is 16.4. The zero-order valence-corrected chi connectivity index (χ0v) is 20.0. The highest BCUT2D eigenvalue weighted by molar-refractivity contribution is 5.89. The summed E-state index contributed by atoms with van der Waals surface area (Å²) in [6.07, 6.45) is 0. The second kappa shape index (κ2) is 10.7. The average Bonchev–Trinajstić information content (AvgIpc) is 2.86. The van der Waals surface area contributed by atoms with Crippen LogP contribution in [-0.2, 0) is 11.3 Å². The van der Waals surface area contributed by atoms with Crippen LogP contribution in [0.5, 0.6) is 5.75 Å². The van der Waals surface area contributed by atoms with Crippen LogP contribution >= 0.6 is 0 Å². The predicted molar refractivity (Wildman–Crippen MR) is 134 cm³/mol. The van der Waals surface area contributed by atoms with Gasteiger partial charge < -0.3 is 24.7 Å². The number of amides is 2. The Balaban J connectivity index is 1.56. The Hall–Kier alpha value is -3.36. The van der Waals surface area contributed by atoms with E-state index in [4.69, 9.17) is 9.47 Å². The minimum absolute atomic E-state index is 0.171. The molecule has 0 atom stereocenters. The number of hydrogen-bond acceptors (Lipinski definition) is 5. The van der Waals surface area contributed by atoms with Crippen LogP contribution in [0, 0.1) is 13.8 Å². The van der Waals surface area contributed by atoms with E-state index in [1.54, 1.807) is 36.3 Å². The molecule has 1 aliphatic rings. The number of ether oxygens (including phenoxy) is 2. The van der Waals surface area contributed by atoms with Gasteiger partial charge in [0, 0.05) is 37.4 Å². The molecule has 180 valence electrons. The number of carbonyl (C=O) groups excluding carboxylic acids is 1. The van der Waals surface area contributed by atoms with Crippen LogP contribution in [0.2, 0.25) is 0 Å². The molecule has 1 saturated heterocycles. The molecule has 3 aromatic rings. The van der Waals surface area contributed by atoms with Gasteiger partial charge in [0.2, 0.25) is 0 Å². The van der Waals surface area contributed by atoms with Crippen molar-refractivity contribution in [3.05, 3.63) is 69.5 Å². The molecule has 0 bridgehead atoms. The van der Waals surface area contributed by atoms with Crippen LogP contribution < -0.4 is 15.6 Å². The summed E-state index contributed by atoms with van der Waals surface area (Å²) in [5, 5.41) is 3.91. The van der Waals surface area contributed by atoms with E-state index in [1.165, 1.54) is 0 Å². The molecule has 8 nitrogen and oxygen atoms in total. The van der Waals surface area contributed by atoms with Crippen molar-refractivity contribution in [2.75, 3.05) is 51.8 Å². The first-order valence-corrected chi connectivity index (χ1v) is 11.6. The Kier molecular flexibility index (Phi) is 7.49. The molecule has 2 heterocycles. The molecule has 4 rings (SSSR count). The van der Waals surface area contributed by atoms with Crippen molar-refractivity contribution in [3.63, 3.8) is 0 Å². The highest BCUT2D eigenvalue weighted by atomic mass is 16.5. The van der Waals surface area contributed by atoms with Crippen LogP contribution in [0.4, 0.5) is 10.5 Å². The number of benzene rings is 2. The summed E-state index contributed by atoms with van der Waals surface area (Å²) < 4.78 is 10.6. The van der Waals surface area contributed by atoms with Gasteiger partial charge in [0.25, 0.3) is 5.56 Å². The SMILES string of the molecule is COc1ccc(NC(=O)N(CCN2CCOCC2)Cc2cc3ccc(C)c(C)c3[nH]c2=O)cc1. The fourth-order valence-corrected chi connectivity index (χ4v) is 4.11. The zero-order chi connectivity index (χ0) is 24.1. The molecule has 1 fully saturated rings. The lowest BCUT2D eigenvalue weighted by Gasteiger charge is -2.30. The van der Waals surface area contributed by atoms with E-state index in [0.717, 1.165) is 40.9 Å². The van der Waals surface area contributed by atoms with Crippen molar-refractivity contribution in [3.8, 4) is 5.75 Å². The Bertz CT molecular complexity index is 1200. The van der Waals surface area contributed by atoms with Gasteiger partial charge in [0.05, 0.1) is 32.4 Å². The number of aromatic amines is 1. The summed E-state index contributed by atoms with van der Waals surface area (Å²) in [6.45, 7) is 8.51. The summed E-state index contributed by atoms with van der Waals surface area (Å²) in [7, 11) is 1.60. The fraction of sp³-hybridized carbons (Fsp3) is 0.385. The molecule has 34 heavy (non-hydrogen) atoms. The van der Waals surface area contributed by atoms with Gasteiger partial charge >= 0.3 is 6.03 Å². The number of methoxy groups -OCH3 is 1. The van der Waals surface area contributed by atoms with Gasteiger partial charge in [-0.1, -0.05) is 12.1 Å². The number of aryl methyl sites for hydroxylation is 2. The standard InChI is InChI=1S/C26H32N4O4/c1-18-4-5-20-16-21(25(31)28-24(20)19(18)2)17-30(11-10-29-12-14-34-15-13-29)26(32)27-22-6-8-23(33-3)9-7-22/h4-9,16H,10-15,17H2,1-3H3,(H,27,32)(H,28,31). The molecule has 0 unspecified atom stereocenters. The maximum atomic E-state index is 13.2. The number of anilines is 1. The average molecular weight is 465 g/mol. The van der Waals surface area contributed by atoms with Crippen LogP contribution in [0.15, 0.2) is 47.3 Å². The number of nitrogens with one attached hydrogen (secondary N) is 2.